The normalized spacial score (nSPS) is 10.5. The van der Waals surface area contributed by atoms with E-state index in [0.717, 1.165) is 11.3 Å². The number of esters is 1. The number of aromatic nitrogens is 1. The number of carbonyl (C=O) groups excluding carboxylic acids is 1. The lowest BCUT2D eigenvalue weighted by atomic mass is 10.3. The number of ether oxygens (including phenoxy) is 1. The first-order valence-corrected chi connectivity index (χ1v) is 4.38. The summed E-state index contributed by atoms with van der Waals surface area (Å²) in [4.78, 5) is 14.3. The zero-order chi connectivity index (χ0) is 10.0. The standard InChI is InChI=1S/C10H15NO2/c1-6(2)13-10(12)9-5-7(3)8(4)11-9/h5-6,11H,1-4H3. The van der Waals surface area contributed by atoms with Crippen LogP contribution in [0.15, 0.2) is 6.07 Å². The Morgan fingerprint density at radius 3 is 2.46 bits per heavy atom. The van der Waals surface area contributed by atoms with Crippen molar-refractivity contribution in [1.82, 2.24) is 4.98 Å². The van der Waals surface area contributed by atoms with Crippen LogP contribution in [0.5, 0.6) is 0 Å². The maximum Gasteiger partial charge on any atom is 0.355 e. The van der Waals surface area contributed by atoms with E-state index in [1.54, 1.807) is 6.07 Å². The Kier molecular flexibility index (Phi) is 2.76. The Morgan fingerprint density at radius 2 is 2.08 bits per heavy atom. The largest absolute Gasteiger partial charge is 0.458 e. The van der Waals surface area contributed by atoms with Crippen LogP contribution in [0, 0.1) is 13.8 Å². The Balaban J connectivity index is 2.77. The van der Waals surface area contributed by atoms with Crippen molar-refractivity contribution in [1.29, 1.82) is 0 Å². The second-order valence-corrected chi connectivity index (χ2v) is 3.45. The van der Waals surface area contributed by atoms with Gasteiger partial charge in [0.05, 0.1) is 6.10 Å². The molecule has 0 amide bonds. The molecule has 0 saturated heterocycles. The quantitative estimate of drug-likeness (QED) is 0.710. The van der Waals surface area contributed by atoms with Crippen LogP contribution in [0.25, 0.3) is 0 Å². The zero-order valence-corrected chi connectivity index (χ0v) is 8.47. The number of rotatable bonds is 2. The molecule has 0 aromatic carbocycles. The van der Waals surface area contributed by atoms with Crippen LogP contribution in [0.3, 0.4) is 0 Å². The van der Waals surface area contributed by atoms with E-state index in [1.165, 1.54) is 0 Å². The van der Waals surface area contributed by atoms with Crippen molar-refractivity contribution in [3.05, 3.63) is 23.0 Å². The van der Waals surface area contributed by atoms with Gasteiger partial charge in [-0.3, -0.25) is 0 Å². The van der Waals surface area contributed by atoms with Crippen molar-refractivity contribution in [3.8, 4) is 0 Å². The lowest BCUT2D eigenvalue weighted by molar-refractivity contribution is 0.0371. The minimum atomic E-state index is -0.286. The summed E-state index contributed by atoms with van der Waals surface area (Å²) in [5, 5.41) is 0. The molecule has 0 unspecified atom stereocenters. The summed E-state index contributed by atoms with van der Waals surface area (Å²) < 4.78 is 5.03. The van der Waals surface area contributed by atoms with Gasteiger partial charge in [-0.15, -0.1) is 0 Å². The maximum atomic E-state index is 11.4. The van der Waals surface area contributed by atoms with Gasteiger partial charge >= 0.3 is 5.97 Å². The van der Waals surface area contributed by atoms with Crippen LogP contribution < -0.4 is 0 Å². The van der Waals surface area contributed by atoms with E-state index in [2.05, 4.69) is 4.98 Å². The Hall–Kier alpha value is -1.25. The molecule has 1 N–H and O–H groups in total. The molecule has 0 aliphatic carbocycles. The van der Waals surface area contributed by atoms with Crippen molar-refractivity contribution in [2.24, 2.45) is 0 Å². The lowest BCUT2D eigenvalue weighted by Crippen LogP contribution is -2.11. The molecule has 0 atom stereocenters. The van der Waals surface area contributed by atoms with Gasteiger partial charge in [0.15, 0.2) is 0 Å². The molecular formula is C10H15NO2. The molecule has 0 radical (unpaired) electrons. The number of hydrogen-bond donors (Lipinski definition) is 1. The molecule has 13 heavy (non-hydrogen) atoms. The third kappa shape index (κ3) is 2.34. The highest BCUT2D eigenvalue weighted by Crippen LogP contribution is 2.09. The van der Waals surface area contributed by atoms with Crippen LogP contribution in [0.1, 0.15) is 35.6 Å². The molecular weight excluding hydrogens is 166 g/mol. The Bertz CT molecular complexity index is 293. The van der Waals surface area contributed by atoms with E-state index in [-0.39, 0.29) is 12.1 Å². The van der Waals surface area contributed by atoms with Crippen LogP contribution in [0.4, 0.5) is 0 Å². The number of aromatic amines is 1. The van der Waals surface area contributed by atoms with E-state index in [1.807, 2.05) is 27.7 Å². The van der Waals surface area contributed by atoms with Gasteiger partial charge in [-0.05, 0) is 39.3 Å². The third-order valence-corrected chi connectivity index (χ3v) is 1.84. The van der Waals surface area contributed by atoms with Gasteiger partial charge in [0.2, 0.25) is 0 Å². The molecule has 0 aliphatic rings. The minimum Gasteiger partial charge on any atom is -0.458 e. The topological polar surface area (TPSA) is 42.1 Å². The summed E-state index contributed by atoms with van der Waals surface area (Å²) in [6, 6.07) is 1.81. The highest BCUT2D eigenvalue weighted by Gasteiger charge is 2.11. The first kappa shape index (κ1) is 9.84. The third-order valence-electron chi connectivity index (χ3n) is 1.84. The molecule has 1 aromatic heterocycles. The van der Waals surface area contributed by atoms with Gasteiger partial charge in [0.1, 0.15) is 5.69 Å². The fourth-order valence-corrected chi connectivity index (χ4v) is 1.05. The molecule has 0 spiro atoms. The van der Waals surface area contributed by atoms with Crippen molar-refractivity contribution in [2.75, 3.05) is 0 Å². The van der Waals surface area contributed by atoms with Crippen molar-refractivity contribution in [2.45, 2.75) is 33.8 Å². The van der Waals surface area contributed by atoms with Gasteiger partial charge in [-0.2, -0.15) is 0 Å². The second-order valence-electron chi connectivity index (χ2n) is 3.45. The molecule has 1 heterocycles. The van der Waals surface area contributed by atoms with Crippen molar-refractivity contribution >= 4 is 5.97 Å². The predicted octanol–water partition coefficient (Wildman–Crippen LogP) is 2.20. The summed E-state index contributed by atoms with van der Waals surface area (Å²) in [7, 11) is 0. The molecule has 0 bridgehead atoms. The molecule has 1 rings (SSSR count). The van der Waals surface area contributed by atoms with Crippen LogP contribution in [-0.2, 0) is 4.74 Å². The summed E-state index contributed by atoms with van der Waals surface area (Å²) >= 11 is 0. The molecule has 0 aliphatic heterocycles. The predicted molar refractivity (Wildman–Crippen MR) is 50.8 cm³/mol. The Labute approximate surface area is 78.1 Å². The molecule has 72 valence electrons. The van der Waals surface area contributed by atoms with Crippen molar-refractivity contribution < 1.29 is 9.53 Å². The van der Waals surface area contributed by atoms with E-state index in [0.29, 0.717) is 5.69 Å². The minimum absolute atomic E-state index is 0.0728. The second kappa shape index (κ2) is 3.64. The lowest BCUT2D eigenvalue weighted by Gasteiger charge is -2.05. The van der Waals surface area contributed by atoms with Gasteiger partial charge in [-0.25, -0.2) is 4.79 Å². The van der Waals surface area contributed by atoms with E-state index in [9.17, 15) is 4.79 Å². The maximum absolute atomic E-state index is 11.4. The van der Waals surface area contributed by atoms with E-state index in [4.69, 9.17) is 4.74 Å². The SMILES string of the molecule is Cc1cc(C(=O)OC(C)C)[nH]c1C. The summed E-state index contributed by atoms with van der Waals surface area (Å²) in [5.74, 6) is -0.286. The Morgan fingerprint density at radius 1 is 1.46 bits per heavy atom. The summed E-state index contributed by atoms with van der Waals surface area (Å²) in [5.41, 5.74) is 2.62. The highest BCUT2D eigenvalue weighted by molar-refractivity contribution is 5.88. The van der Waals surface area contributed by atoms with Gasteiger partial charge < -0.3 is 9.72 Å². The van der Waals surface area contributed by atoms with Crippen molar-refractivity contribution in [3.63, 3.8) is 0 Å². The zero-order valence-electron chi connectivity index (χ0n) is 8.47. The summed E-state index contributed by atoms with van der Waals surface area (Å²) in [6.45, 7) is 7.56. The first-order valence-electron chi connectivity index (χ1n) is 4.38. The number of hydrogen-bond acceptors (Lipinski definition) is 2. The number of aryl methyl sites for hydroxylation is 2. The van der Waals surface area contributed by atoms with Gasteiger partial charge in [-0.1, -0.05) is 0 Å². The molecule has 1 aromatic rings. The smallest absolute Gasteiger partial charge is 0.355 e. The average Bonchev–Trinajstić information content (AvgIpc) is 2.31. The van der Waals surface area contributed by atoms with E-state index < -0.39 is 0 Å². The first-order chi connectivity index (χ1) is 6.00. The fourth-order valence-electron chi connectivity index (χ4n) is 1.05. The van der Waals surface area contributed by atoms with Gasteiger partial charge in [0.25, 0.3) is 0 Å². The number of carbonyl (C=O) groups is 1. The number of nitrogens with one attached hydrogen (secondary N) is 1. The monoisotopic (exact) mass is 181 g/mol. The van der Waals surface area contributed by atoms with Gasteiger partial charge in [0, 0.05) is 5.69 Å². The van der Waals surface area contributed by atoms with Crippen LogP contribution in [0.2, 0.25) is 0 Å². The molecule has 3 nitrogen and oxygen atoms in total. The molecule has 0 saturated carbocycles. The van der Waals surface area contributed by atoms with E-state index >= 15 is 0 Å². The molecule has 3 heteroatoms. The molecule has 0 fully saturated rings. The van der Waals surface area contributed by atoms with Crippen LogP contribution in [-0.4, -0.2) is 17.1 Å². The summed E-state index contributed by atoms with van der Waals surface area (Å²) in [6.07, 6.45) is -0.0728. The van der Waals surface area contributed by atoms with Crippen LogP contribution >= 0.6 is 0 Å². The number of H-pyrrole nitrogens is 1. The highest BCUT2D eigenvalue weighted by atomic mass is 16.5. The fraction of sp³-hybridized carbons (Fsp3) is 0.500. The average molecular weight is 181 g/mol.